The first-order chi connectivity index (χ1) is 10.4. The SMILES string of the molecule is CCNC(=NCCC1=CCCCC1)NCCn1ccnc1. The molecular formula is C16H27N5. The summed E-state index contributed by atoms with van der Waals surface area (Å²) in [4.78, 5) is 8.70. The number of nitrogens with one attached hydrogen (secondary N) is 2. The highest BCUT2D eigenvalue weighted by atomic mass is 15.2. The average Bonchev–Trinajstić information content (AvgIpc) is 3.02. The molecule has 0 saturated heterocycles. The zero-order valence-corrected chi connectivity index (χ0v) is 13.0. The van der Waals surface area contributed by atoms with Crippen LogP contribution >= 0.6 is 0 Å². The zero-order chi connectivity index (χ0) is 14.8. The molecule has 2 rings (SSSR count). The van der Waals surface area contributed by atoms with Crippen molar-refractivity contribution in [2.45, 2.75) is 45.6 Å². The van der Waals surface area contributed by atoms with Crippen molar-refractivity contribution < 1.29 is 0 Å². The van der Waals surface area contributed by atoms with Gasteiger partial charge in [0.05, 0.1) is 6.33 Å². The maximum atomic E-state index is 4.66. The summed E-state index contributed by atoms with van der Waals surface area (Å²) in [6.07, 6.45) is 14.3. The fraction of sp³-hybridized carbons (Fsp3) is 0.625. The molecular weight excluding hydrogens is 262 g/mol. The van der Waals surface area contributed by atoms with Gasteiger partial charge in [0.1, 0.15) is 0 Å². The van der Waals surface area contributed by atoms with E-state index >= 15 is 0 Å². The third kappa shape index (κ3) is 6.02. The molecule has 2 N–H and O–H groups in total. The minimum absolute atomic E-state index is 0.852. The van der Waals surface area contributed by atoms with Crippen LogP contribution in [0.4, 0.5) is 0 Å². The molecule has 116 valence electrons. The normalized spacial score (nSPS) is 15.7. The molecule has 0 saturated carbocycles. The van der Waals surface area contributed by atoms with Gasteiger partial charge in [-0.2, -0.15) is 0 Å². The van der Waals surface area contributed by atoms with Crippen LogP contribution in [0.1, 0.15) is 39.0 Å². The van der Waals surface area contributed by atoms with Gasteiger partial charge in [-0.05, 0) is 39.0 Å². The van der Waals surface area contributed by atoms with E-state index in [1.54, 1.807) is 11.8 Å². The standard InChI is InChI=1S/C16H27N5/c1-2-18-16(20-11-13-21-12-10-17-14-21)19-9-8-15-6-4-3-5-7-15/h6,10,12,14H,2-5,7-9,11,13H2,1H3,(H2,18,19,20). The Morgan fingerprint density at radius 2 is 2.33 bits per heavy atom. The first-order valence-electron chi connectivity index (χ1n) is 8.04. The Balaban J connectivity index is 1.71. The van der Waals surface area contributed by atoms with Crippen molar-refractivity contribution in [3.63, 3.8) is 0 Å². The molecule has 0 fully saturated rings. The van der Waals surface area contributed by atoms with Gasteiger partial charge >= 0.3 is 0 Å². The van der Waals surface area contributed by atoms with E-state index in [2.05, 4.69) is 38.2 Å². The van der Waals surface area contributed by atoms with E-state index in [1.165, 1.54) is 25.7 Å². The van der Waals surface area contributed by atoms with Gasteiger partial charge in [0.15, 0.2) is 5.96 Å². The van der Waals surface area contributed by atoms with Gasteiger partial charge in [-0.1, -0.05) is 11.6 Å². The minimum Gasteiger partial charge on any atom is -0.357 e. The Hall–Kier alpha value is -1.78. The lowest BCUT2D eigenvalue weighted by Gasteiger charge is -2.13. The quantitative estimate of drug-likeness (QED) is 0.460. The van der Waals surface area contributed by atoms with Crippen LogP contribution in [0.15, 0.2) is 35.4 Å². The highest BCUT2D eigenvalue weighted by molar-refractivity contribution is 5.79. The molecule has 0 spiro atoms. The first kappa shape index (κ1) is 15.6. The Labute approximate surface area is 127 Å². The molecule has 0 aromatic carbocycles. The van der Waals surface area contributed by atoms with E-state index in [0.29, 0.717) is 0 Å². The monoisotopic (exact) mass is 289 g/mol. The Bertz CT molecular complexity index is 447. The second-order valence-electron chi connectivity index (χ2n) is 5.35. The fourth-order valence-corrected chi connectivity index (χ4v) is 2.51. The first-order valence-corrected chi connectivity index (χ1v) is 8.04. The smallest absolute Gasteiger partial charge is 0.191 e. The van der Waals surface area contributed by atoms with Crippen LogP contribution in [0.25, 0.3) is 0 Å². The van der Waals surface area contributed by atoms with E-state index in [9.17, 15) is 0 Å². The van der Waals surface area contributed by atoms with E-state index in [-0.39, 0.29) is 0 Å². The third-order valence-electron chi connectivity index (χ3n) is 3.65. The van der Waals surface area contributed by atoms with Gasteiger partial charge in [0.2, 0.25) is 0 Å². The van der Waals surface area contributed by atoms with Crippen molar-refractivity contribution in [3.05, 3.63) is 30.4 Å². The lowest BCUT2D eigenvalue weighted by molar-refractivity contribution is 0.658. The molecule has 1 aromatic rings. The Morgan fingerprint density at radius 3 is 3.05 bits per heavy atom. The summed E-state index contributed by atoms with van der Waals surface area (Å²) in [5.41, 5.74) is 1.58. The summed E-state index contributed by atoms with van der Waals surface area (Å²) in [7, 11) is 0. The number of guanidine groups is 1. The molecule has 1 aliphatic carbocycles. The van der Waals surface area contributed by atoms with Crippen LogP contribution in [-0.2, 0) is 6.54 Å². The van der Waals surface area contributed by atoms with E-state index in [1.807, 2.05) is 12.5 Å². The van der Waals surface area contributed by atoms with Crippen molar-refractivity contribution in [2.24, 2.45) is 4.99 Å². The molecule has 0 aliphatic heterocycles. The maximum absolute atomic E-state index is 4.66. The lowest BCUT2D eigenvalue weighted by atomic mass is 9.97. The predicted molar refractivity (Wildman–Crippen MR) is 87.4 cm³/mol. The van der Waals surface area contributed by atoms with Gasteiger partial charge in [-0.15, -0.1) is 0 Å². The summed E-state index contributed by atoms with van der Waals surface area (Å²) in [5.74, 6) is 0.911. The number of hydrogen-bond donors (Lipinski definition) is 2. The largest absolute Gasteiger partial charge is 0.357 e. The summed E-state index contributed by atoms with van der Waals surface area (Å²) in [5, 5.41) is 6.66. The van der Waals surface area contributed by atoms with Crippen LogP contribution in [0, 0.1) is 0 Å². The molecule has 0 radical (unpaired) electrons. The Morgan fingerprint density at radius 1 is 1.38 bits per heavy atom. The second-order valence-corrected chi connectivity index (χ2v) is 5.35. The summed E-state index contributed by atoms with van der Waals surface area (Å²) >= 11 is 0. The summed E-state index contributed by atoms with van der Waals surface area (Å²) < 4.78 is 2.06. The van der Waals surface area contributed by atoms with Gasteiger partial charge < -0.3 is 15.2 Å². The molecule has 1 aliphatic rings. The highest BCUT2D eigenvalue weighted by Gasteiger charge is 2.03. The van der Waals surface area contributed by atoms with E-state index < -0.39 is 0 Å². The number of aliphatic imine (C=N–C) groups is 1. The summed E-state index contributed by atoms with van der Waals surface area (Å²) in [6, 6.07) is 0. The van der Waals surface area contributed by atoms with Crippen LogP contribution in [0.5, 0.6) is 0 Å². The number of rotatable bonds is 7. The topological polar surface area (TPSA) is 54.2 Å². The summed E-state index contributed by atoms with van der Waals surface area (Å²) in [6.45, 7) is 5.60. The number of aromatic nitrogens is 2. The van der Waals surface area contributed by atoms with Crippen molar-refractivity contribution in [3.8, 4) is 0 Å². The fourth-order valence-electron chi connectivity index (χ4n) is 2.51. The van der Waals surface area contributed by atoms with Crippen LogP contribution in [0.3, 0.4) is 0 Å². The zero-order valence-electron chi connectivity index (χ0n) is 13.0. The van der Waals surface area contributed by atoms with Crippen molar-refractivity contribution in [1.82, 2.24) is 20.2 Å². The van der Waals surface area contributed by atoms with Crippen LogP contribution < -0.4 is 10.6 Å². The van der Waals surface area contributed by atoms with Gasteiger partial charge in [0, 0.05) is 38.6 Å². The average molecular weight is 289 g/mol. The molecule has 21 heavy (non-hydrogen) atoms. The minimum atomic E-state index is 0.852. The molecule has 0 amide bonds. The van der Waals surface area contributed by atoms with Crippen molar-refractivity contribution in [2.75, 3.05) is 19.6 Å². The van der Waals surface area contributed by atoms with Crippen molar-refractivity contribution in [1.29, 1.82) is 0 Å². The predicted octanol–water partition coefficient (Wildman–Crippen LogP) is 2.33. The molecule has 5 heteroatoms. The third-order valence-corrected chi connectivity index (χ3v) is 3.65. The van der Waals surface area contributed by atoms with Gasteiger partial charge in [-0.3, -0.25) is 4.99 Å². The van der Waals surface area contributed by atoms with Crippen LogP contribution in [0.2, 0.25) is 0 Å². The molecule has 0 bridgehead atoms. The van der Waals surface area contributed by atoms with Gasteiger partial charge in [0.25, 0.3) is 0 Å². The van der Waals surface area contributed by atoms with E-state index in [0.717, 1.165) is 38.6 Å². The van der Waals surface area contributed by atoms with Gasteiger partial charge in [-0.25, -0.2) is 4.98 Å². The molecule has 0 unspecified atom stereocenters. The Kier molecular flexibility index (Phi) is 6.84. The lowest BCUT2D eigenvalue weighted by Crippen LogP contribution is -2.38. The molecule has 0 atom stereocenters. The molecule has 1 aromatic heterocycles. The second kappa shape index (κ2) is 9.21. The molecule has 1 heterocycles. The number of imidazole rings is 1. The number of hydrogen-bond acceptors (Lipinski definition) is 2. The maximum Gasteiger partial charge on any atom is 0.191 e. The number of nitrogens with zero attached hydrogens (tertiary/aromatic N) is 3. The van der Waals surface area contributed by atoms with Crippen molar-refractivity contribution >= 4 is 5.96 Å². The van der Waals surface area contributed by atoms with Crippen LogP contribution in [-0.4, -0.2) is 35.1 Å². The highest BCUT2D eigenvalue weighted by Crippen LogP contribution is 2.19. The van der Waals surface area contributed by atoms with E-state index in [4.69, 9.17) is 0 Å². The number of allylic oxidation sites excluding steroid dienone is 1. The molecule has 5 nitrogen and oxygen atoms in total.